The van der Waals surface area contributed by atoms with Crippen molar-refractivity contribution in [2.24, 2.45) is 0 Å². The molecule has 0 aliphatic heterocycles. The zero-order valence-electron chi connectivity index (χ0n) is 49.8. The lowest BCUT2D eigenvalue weighted by Crippen LogP contribution is -2.45. The zero-order valence-corrected chi connectivity index (χ0v) is 49.8. The Labute approximate surface area is 462 Å². The number of aliphatic hydroxyl groups excluding tert-OH is 2. The van der Waals surface area contributed by atoms with Crippen molar-refractivity contribution >= 4 is 11.9 Å². The summed E-state index contributed by atoms with van der Waals surface area (Å²) in [7, 11) is 0. The molecule has 0 saturated carbocycles. The maximum atomic E-state index is 12.4. The molecule has 0 bridgehead atoms. The van der Waals surface area contributed by atoms with E-state index in [1.54, 1.807) is 0 Å². The molecule has 0 aromatic rings. The van der Waals surface area contributed by atoms with Gasteiger partial charge in [-0.2, -0.15) is 0 Å². The van der Waals surface area contributed by atoms with Crippen molar-refractivity contribution in [1.82, 2.24) is 5.32 Å². The van der Waals surface area contributed by atoms with Crippen molar-refractivity contribution in [1.29, 1.82) is 0 Å². The number of carbonyl (C=O) groups is 2. The van der Waals surface area contributed by atoms with Crippen LogP contribution < -0.4 is 5.32 Å². The summed E-state index contributed by atoms with van der Waals surface area (Å²) in [4.78, 5) is 24.5. The van der Waals surface area contributed by atoms with E-state index in [0.29, 0.717) is 25.9 Å². The summed E-state index contributed by atoms with van der Waals surface area (Å²) < 4.78 is 5.48. The number of carbonyl (C=O) groups excluding carboxylic acids is 2. The van der Waals surface area contributed by atoms with Crippen LogP contribution in [0.25, 0.3) is 0 Å². The molecule has 0 aliphatic rings. The van der Waals surface area contributed by atoms with Crippen LogP contribution in [-0.4, -0.2) is 47.4 Å². The quantitative estimate of drug-likeness (QED) is 0.0320. The third kappa shape index (κ3) is 59.3. The van der Waals surface area contributed by atoms with Crippen molar-refractivity contribution in [3.8, 4) is 0 Å². The molecule has 436 valence electrons. The summed E-state index contributed by atoms with van der Waals surface area (Å²) in [5, 5.41) is 23.1. The van der Waals surface area contributed by atoms with Crippen LogP contribution in [-0.2, 0) is 14.3 Å². The number of nitrogens with one attached hydrogen (secondary N) is 1. The molecule has 0 aromatic carbocycles. The van der Waals surface area contributed by atoms with Crippen LogP contribution in [0.3, 0.4) is 0 Å². The van der Waals surface area contributed by atoms with Crippen molar-refractivity contribution in [3.05, 3.63) is 36.5 Å². The molecule has 0 saturated heterocycles. The topological polar surface area (TPSA) is 95.9 Å². The van der Waals surface area contributed by atoms with Crippen LogP contribution in [0, 0.1) is 0 Å². The molecule has 0 aliphatic carbocycles. The van der Waals surface area contributed by atoms with Gasteiger partial charge in [-0.3, -0.25) is 9.59 Å². The van der Waals surface area contributed by atoms with Crippen LogP contribution in [0.2, 0.25) is 0 Å². The fourth-order valence-corrected chi connectivity index (χ4v) is 10.3. The van der Waals surface area contributed by atoms with Gasteiger partial charge in [0, 0.05) is 12.8 Å². The molecular weight excluding hydrogens is 911 g/mol. The van der Waals surface area contributed by atoms with Gasteiger partial charge in [0.1, 0.15) is 0 Å². The first kappa shape index (κ1) is 72.1. The Kier molecular flexibility index (Phi) is 62.0. The first-order chi connectivity index (χ1) is 36.5. The summed E-state index contributed by atoms with van der Waals surface area (Å²) in [6.45, 7) is 4.94. The van der Waals surface area contributed by atoms with E-state index < -0.39 is 12.1 Å². The molecule has 2 unspecified atom stereocenters. The number of hydrogen-bond donors (Lipinski definition) is 3. The van der Waals surface area contributed by atoms with E-state index in [1.807, 2.05) is 0 Å². The molecule has 0 rings (SSSR count). The van der Waals surface area contributed by atoms with Gasteiger partial charge in [0.2, 0.25) is 5.91 Å². The van der Waals surface area contributed by atoms with Crippen molar-refractivity contribution in [3.63, 3.8) is 0 Å². The number of aliphatic hydroxyl groups is 2. The summed E-state index contributed by atoms with van der Waals surface area (Å²) in [5.74, 6) is -0.0282. The maximum Gasteiger partial charge on any atom is 0.305 e. The average molecular weight is 1040 g/mol. The lowest BCUT2D eigenvalue weighted by atomic mass is 10.0. The largest absolute Gasteiger partial charge is 0.466 e. The minimum Gasteiger partial charge on any atom is -0.466 e. The monoisotopic (exact) mass is 1040 g/mol. The summed E-state index contributed by atoms with van der Waals surface area (Å²) in [6.07, 6.45) is 80.5. The number of ether oxygens (including phenoxy) is 1. The van der Waals surface area contributed by atoms with Gasteiger partial charge in [0.25, 0.3) is 0 Å². The molecule has 0 radical (unpaired) electrons. The molecule has 0 spiro atoms. The normalized spacial score (nSPS) is 12.8. The van der Waals surface area contributed by atoms with Gasteiger partial charge >= 0.3 is 5.97 Å². The molecule has 0 fully saturated rings. The zero-order chi connectivity index (χ0) is 53.6. The minimum atomic E-state index is -0.660. The van der Waals surface area contributed by atoms with Crippen LogP contribution in [0.15, 0.2) is 36.5 Å². The first-order valence-corrected chi connectivity index (χ1v) is 33.2. The Hall–Kier alpha value is -1.92. The van der Waals surface area contributed by atoms with Crippen LogP contribution in [0.1, 0.15) is 361 Å². The Morgan fingerprint density at radius 3 is 1.04 bits per heavy atom. The van der Waals surface area contributed by atoms with Crippen LogP contribution >= 0.6 is 0 Å². The fraction of sp³-hybridized carbons (Fsp3) is 0.882. The number of unbranched alkanes of at least 4 members (excludes halogenated alkanes) is 45. The second-order valence-electron chi connectivity index (χ2n) is 22.8. The van der Waals surface area contributed by atoms with Gasteiger partial charge in [-0.15, -0.1) is 0 Å². The fourth-order valence-electron chi connectivity index (χ4n) is 10.3. The lowest BCUT2D eigenvalue weighted by molar-refractivity contribution is -0.143. The molecule has 74 heavy (non-hydrogen) atoms. The SMILES string of the molecule is CCCCCCCC/C=C\CCCCCCCC(=O)OCCCCCCCCCCC/C=C\C/C=C\CCCCCCCCCCCCCCCCCCCC(=O)NC(CO)C(O)CCCCCCCCCCC. The van der Waals surface area contributed by atoms with E-state index in [9.17, 15) is 19.8 Å². The predicted molar refractivity (Wildman–Crippen MR) is 324 cm³/mol. The highest BCUT2D eigenvalue weighted by atomic mass is 16.5. The van der Waals surface area contributed by atoms with Crippen molar-refractivity contribution < 1.29 is 24.5 Å². The number of amides is 1. The Morgan fingerprint density at radius 1 is 0.378 bits per heavy atom. The average Bonchev–Trinajstić information content (AvgIpc) is 3.40. The van der Waals surface area contributed by atoms with Crippen molar-refractivity contribution in [2.45, 2.75) is 373 Å². The molecule has 0 aromatic heterocycles. The second kappa shape index (κ2) is 63.6. The third-order valence-corrected chi connectivity index (χ3v) is 15.4. The number of rotatable bonds is 62. The van der Waals surface area contributed by atoms with Gasteiger partial charge in [-0.05, 0) is 83.5 Å². The van der Waals surface area contributed by atoms with E-state index in [2.05, 4.69) is 55.6 Å². The number of allylic oxidation sites excluding steroid dienone is 6. The highest BCUT2D eigenvalue weighted by Gasteiger charge is 2.20. The highest BCUT2D eigenvalue weighted by molar-refractivity contribution is 5.76. The first-order valence-electron chi connectivity index (χ1n) is 33.2. The van der Waals surface area contributed by atoms with Crippen LogP contribution in [0.5, 0.6) is 0 Å². The van der Waals surface area contributed by atoms with Gasteiger partial charge in [0.15, 0.2) is 0 Å². The number of esters is 1. The van der Waals surface area contributed by atoms with Gasteiger partial charge < -0.3 is 20.3 Å². The van der Waals surface area contributed by atoms with E-state index >= 15 is 0 Å². The second-order valence-corrected chi connectivity index (χ2v) is 22.8. The van der Waals surface area contributed by atoms with Crippen molar-refractivity contribution in [2.75, 3.05) is 13.2 Å². The van der Waals surface area contributed by atoms with E-state index in [4.69, 9.17) is 4.74 Å². The molecule has 6 nitrogen and oxygen atoms in total. The van der Waals surface area contributed by atoms with Crippen LogP contribution in [0.4, 0.5) is 0 Å². The summed E-state index contributed by atoms with van der Waals surface area (Å²) in [5.41, 5.74) is 0. The Balaban J connectivity index is 3.35. The maximum absolute atomic E-state index is 12.4. The molecule has 6 heteroatoms. The van der Waals surface area contributed by atoms with Gasteiger partial charge in [-0.1, -0.05) is 301 Å². The number of hydrogen-bond acceptors (Lipinski definition) is 5. The highest BCUT2D eigenvalue weighted by Crippen LogP contribution is 2.18. The molecule has 0 heterocycles. The molecule has 2 atom stereocenters. The lowest BCUT2D eigenvalue weighted by Gasteiger charge is -2.22. The Morgan fingerprint density at radius 2 is 0.676 bits per heavy atom. The molecule has 3 N–H and O–H groups in total. The van der Waals surface area contributed by atoms with E-state index in [1.165, 1.54) is 276 Å². The summed E-state index contributed by atoms with van der Waals surface area (Å²) in [6, 6.07) is -0.538. The van der Waals surface area contributed by atoms with Gasteiger partial charge in [0.05, 0.1) is 25.4 Å². The minimum absolute atomic E-state index is 0.00629. The van der Waals surface area contributed by atoms with Gasteiger partial charge in [-0.25, -0.2) is 0 Å². The molecule has 1 amide bonds. The predicted octanol–water partition coefficient (Wildman–Crippen LogP) is 21.1. The smallest absolute Gasteiger partial charge is 0.305 e. The Bertz CT molecular complexity index is 1200. The van der Waals surface area contributed by atoms with E-state index in [0.717, 1.165) is 51.4 Å². The standard InChI is InChI=1S/C68H129NO5/c1-3-5-7-9-11-13-14-15-35-39-42-46-50-54-58-62-68(73)74-63-59-55-51-47-43-40-37-34-32-30-28-26-24-22-20-18-16-17-19-21-23-25-27-29-31-33-36-38-41-45-49-53-57-61-67(72)69-65(64-70)66(71)60-56-52-48-44-12-10-8-6-4-2/h15,20,22,26,28,35,65-66,70-71H,3-14,16-19,21,23-25,27,29-34,36-64H2,1-2H3,(H,69,72)/b22-20-,28-26-,35-15-. The van der Waals surface area contributed by atoms with E-state index in [-0.39, 0.29) is 18.5 Å². The third-order valence-electron chi connectivity index (χ3n) is 15.4. The molecular formula is C68H129NO5. The summed E-state index contributed by atoms with van der Waals surface area (Å²) >= 11 is 0.